The monoisotopic (exact) mass is 300 g/mol. The molecule has 1 aromatic carbocycles. The van der Waals surface area contributed by atoms with Gasteiger partial charge in [-0.15, -0.1) is 0 Å². The van der Waals surface area contributed by atoms with E-state index in [2.05, 4.69) is 24.5 Å². The van der Waals surface area contributed by atoms with E-state index in [4.69, 9.17) is 0 Å². The molecule has 0 aromatic heterocycles. The molecule has 0 saturated heterocycles. The van der Waals surface area contributed by atoms with E-state index in [1.54, 1.807) is 0 Å². The predicted octanol–water partition coefficient (Wildman–Crippen LogP) is 2.72. The quantitative estimate of drug-likeness (QED) is 0.761. The molecule has 1 saturated carbocycles. The number of hydrogen-bond donors (Lipinski definition) is 2. The molecule has 1 aliphatic carbocycles. The first-order valence-electron chi connectivity index (χ1n) is 7.88. The lowest BCUT2D eigenvalue weighted by atomic mass is 9.97. The van der Waals surface area contributed by atoms with E-state index in [1.807, 2.05) is 30.3 Å². The third kappa shape index (κ3) is 5.72. The Bertz CT molecular complexity index is 533. The average molecular weight is 300 g/mol. The van der Waals surface area contributed by atoms with E-state index in [0.717, 1.165) is 24.8 Å². The Hall–Kier alpha value is -2.10. The predicted molar refractivity (Wildman–Crippen MR) is 87.1 cm³/mol. The van der Waals surface area contributed by atoms with E-state index in [1.165, 1.54) is 12.2 Å². The summed E-state index contributed by atoms with van der Waals surface area (Å²) < 4.78 is 0. The van der Waals surface area contributed by atoms with Gasteiger partial charge >= 0.3 is 0 Å². The minimum atomic E-state index is -0.236. The van der Waals surface area contributed by atoms with Crippen LogP contribution in [0.15, 0.2) is 42.5 Å². The molecule has 22 heavy (non-hydrogen) atoms. The molecule has 0 aliphatic heterocycles. The Labute approximate surface area is 132 Å². The van der Waals surface area contributed by atoms with Gasteiger partial charge in [0.2, 0.25) is 11.8 Å². The number of nitrogens with one attached hydrogen (secondary N) is 2. The van der Waals surface area contributed by atoms with E-state index in [-0.39, 0.29) is 17.9 Å². The molecule has 1 unspecified atom stereocenters. The molecule has 0 bridgehead atoms. The average Bonchev–Trinajstić information content (AvgIpc) is 3.29. The van der Waals surface area contributed by atoms with Crippen molar-refractivity contribution in [1.82, 2.24) is 10.6 Å². The maximum absolute atomic E-state index is 12.0. The highest BCUT2D eigenvalue weighted by Crippen LogP contribution is 2.21. The van der Waals surface area contributed by atoms with Crippen molar-refractivity contribution in [2.45, 2.75) is 45.2 Å². The van der Waals surface area contributed by atoms with Crippen molar-refractivity contribution in [3.63, 3.8) is 0 Å². The fourth-order valence-electron chi connectivity index (χ4n) is 2.28. The standard InChI is InChI=1S/C18H24N2O2/c1-13(2)12-16(14-6-4-3-5-7-14)20-18(22)11-10-17(21)19-15-8-9-15/h3-7,10-11,13,15-16H,8-9,12H2,1-2H3,(H,19,21)(H,20,22)/b11-10+. The second-order valence-corrected chi connectivity index (χ2v) is 6.22. The molecule has 0 radical (unpaired) electrons. The second-order valence-electron chi connectivity index (χ2n) is 6.22. The summed E-state index contributed by atoms with van der Waals surface area (Å²) in [5.74, 6) is 0.0332. The first kappa shape index (κ1) is 16.3. The molecule has 1 aliphatic rings. The van der Waals surface area contributed by atoms with E-state index in [0.29, 0.717) is 12.0 Å². The molecule has 118 valence electrons. The maximum Gasteiger partial charge on any atom is 0.244 e. The first-order valence-corrected chi connectivity index (χ1v) is 7.88. The molecule has 4 nitrogen and oxygen atoms in total. The van der Waals surface area contributed by atoms with Crippen molar-refractivity contribution in [2.24, 2.45) is 5.92 Å². The van der Waals surface area contributed by atoms with Gasteiger partial charge in [-0.1, -0.05) is 44.2 Å². The van der Waals surface area contributed by atoms with Crippen LogP contribution in [-0.4, -0.2) is 17.9 Å². The number of hydrogen-bond acceptors (Lipinski definition) is 2. The molecule has 4 heteroatoms. The van der Waals surface area contributed by atoms with Crippen molar-refractivity contribution in [1.29, 1.82) is 0 Å². The molecular formula is C18H24N2O2. The molecule has 1 atom stereocenters. The van der Waals surface area contributed by atoms with Crippen LogP contribution >= 0.6 is 0 Å². The van der Waals surface area contributed by atoms with Gasteiger partial charge in [0.15, 0.2) is 0 Å². The van der Waals surface area contributed by atoms with Crippen LogP contribution in [-0.2, 0) is 9.59 Å². The number of rotatable bonds is 7. The maximum atomic E-state index is 12.0. The fourth-order valence-corrected chi connectivity index (χ4v) is 2.28. The van der Waals surface area contributed by atoms with Gasteiger partial charge in [-0.25, -0.2) is 0 Å². The van der Waals surface area contributed by atoms with Gasteiger partial charge in [-0.3, -0.25) is 9.59 Å². The zero-order valence-corrected chi connectivity index (χ0v) is 13.2. The Morgan fingerprint density at radius 2 is 1.77 bits per heavy atom. The summed E-state index contributed by atoms with van der Waals surface area (Å²) in [4.78, 5) is 23.6. The number of amides is 2. The second kappa shape index (κ2) is 7.78. The molecule has 0 spiro atoms. The highest BCUT2D eigenvalue weighted by molar-refractivity contribution is 5.97. The smallest absolute Gasteiger partial charge is 0.244 e. The van der Waals surface area contributed by atoms with Crippen LogP contribution in [0, 0.1) is 5.92 Å². The minimum absolute atomic E-state index is 0.0372. The summed E-state index contributed by atoms with van der Waals surface area (Å²) in [6.07, 6.45) is 5.56. The largest absolute Gasteiger partial charge is 0.350 e. The van der Waals surface area contributed by atoms with Crippen molar-refractivity contribution < 1.29 is 9.59 Å². The summed E-state index contributed by atoms with van der Waals surface area (Å²) in [7, 11) is 0. The van der Waals surface area contributed by atoms with Crippen molar-refractivity contribution in [3.05, 3.63) is 48.0 Å². The highest BCUT2D eigenvalue weighted by atomic mass is 16.2. The van der Waals surface area contributed by atoms with Crippen LogP contribution in [0.2, 0.25) is 0 Å². The first-order chi connectivity index (χ1) is 10.5. The van der Waals surface area contributed by atoms with Gasteiger partial charge in [0.05, 0.1) is 6.04 Å². The summed E-state index contributed by atoms with van der Waals surface area (Å²) in [5, 5.41) is 5.80. The number of carbonyl (C=O) groups excluding carboxylic acids is 2. The fraction of sp³-hybridized carbons (Fsp3) is 0.444. The van der Waals surface area contributed by atoms with Crippen LogP contribution < -0.4 is 10.6 Å². The molecular weight excluding hydrogens is 276 g/mol. The summed E-state index contributed by atoms with van der Waals surface area (Å²) in [6.45, 7) is 4.25. The lowest BCUT2D eigenvalue weighted by molar-refractivity contribution is -0.119. The lowest BCUT2D eigenvalue weighted by Gasteiger charge is -2.20. The summed E-state index contributed by atoms with van der Waals surface area (Å²) >= 11 is 0. The third-order valence-corrected chi connectivity index (χ3v) is 3.54. The van der Waals surface area contributed by atoms with E-state index >= 15 is 0 Å². The van der Waals surface area contributed by atoms with Gasteiger partial charge in [0, 0.05) is 18.2 Å². The molecule has 0 heterocycles. The van der Waals surface area contributed by atoms with Crippen molar-refractivity contribution in [2.75, 3.05) is 0 Å². The minimum Gasteiger partial charge on any atom is -0.350 e. The summed E-state index contributed by atoms with van der Waals surface area (Å²) in [5.41, 5.74) is 1.08. The normalized spacial score (nSPS) is 15.8. The van der Waals surface area contributed by atoms with E-state index < -0.39 is 0 Å². The molecule has 1 fully saturated rings. The zero-order valence-electron chi connectivity index (χ0n) is 13.2. The van der Waals surface area contributed by atoms with Crippen LogP contribution in [0.1, 0.15) is 44.7 Å². The van der Waals surface area contributed by atoms with Crippen LogP contribution in [0.5, 0.6) is 0 Å². The number of carbonyl (C=O) groups is 2. The van der Waals surface area contributed by atoms with E-state index in [9.17, 15) is 9.59 Å². The zero-order chi connectivity index (χ0) is 15.9. The Morgan fingerprint density at radius 1 is 1.14 bits per heavy atom. The topological polar surface area (TPSA) is 58.2 Å². The van der Waals surface area contributed by atoms with Crippen LogP contribution in [0.25, 0.3) is 0 Å². The van der Waals surface area contributed by atoms with Crippen LogP contribution in [0.3, 0.4) is 0 Å². The van der Waals surface area contributed by atoms with Gasteiger partial charge < -0.3 is 10.6 Å². The van der Waals surface area contributed by atoms with Gasteiger partial charge in [-0.2, -0.15) is 0 Å². The molecule has 1 aromatic rings. The highest BCUT2D eigenvalue weighted by Gasteiger charge is 2.22. The third-order valence-electron chi connectivity index (χ3n) is 3.54. The number of benzene rings is 1. The van der Waals surface area contributed by atoms with Gasteiger partial charge in [0.1, 0.15) is 0 Å². The van der Waals surface area contributed by atoms with Crippen LogP contribution in [0.4, 0.5) is 0 Å². The van der Waals surface area contributed by atoms with Crippen molar-refractivity contribution >= 4 is 11.8 Å². The SMILES string of the molecule is CC(C)CC(NC(=O)/C=C/C(=O)NC1CC1)c1ccccc1. The van der Waals surface area contributed by atoms with Gasteiger partial charge in [0.25, 0.3) is 0 Å². The lowest BCUT2D eigenvalue weighted by Crippen LogP contribution is -2.29. The van der Waals surface area contributed by atoms with Gasteiger partial charge in [-0.05, 0) is 30.7 Å². The van der Waals surface area contributed by atoms with Crippen molar-refractivity contribution in [3.8, 4) is 0 Å². The molecule has 2 amide bonds. The molecule has 2 rings (SSSR count). The Morgan fingerprint density at radius 3 is 2.36 bits per heavy atom. The summed E-state index contributed by atoms with van der Waals surface area (Å²) in [6, 6.07) is 10.2. The molecule has 2 N–H and O–H groups in total. The Kier molecular flexibility index (Phi) is 5.75. The Balaban J connectivity index is 1.92.